The minimum atomic E-state index is -0.818. The Labute approximate surface area is 170 Å². The molecule has 0 atom stereocenters. The van der Waals surface area contributed by atoms with Gasteiger partial charge in [0.2, 0.25) is 0 Å². The van der Waals surface area contributed by atoms with Gasteiger partial charge in [-0.2, -0.15) is 9.61 Å². The van der Waals surface area contributed by atoms with Gasteiger partial charge in [0, 0.05) is 11.3 Å². The van der Waals surface area contributed by atoms with Crippen LogP contribution in [0.1, 0.15) is 33.8 Å². The topological polar surface area (TPSA) is 124 Å². The molecule has 0 aliphatic carbocycles. The van der Waals surface area contributed by atoms with Gasteiger partial charge in [0.15, 0.2) is 5.69 Å². The molecular formula is C20H19N7O3. The maximum absolute atomic E-state index is 12.4. The van der Waals surface area contributed by atoms with E-state index < -0.39 is 16.2 Å². The second-order valence-corrected chi connectivity index (χ2v) is 7.03. The molecule has 0 unspecified atom stereocenters. The van der Waals surface area contributed by atoms with Crippen molar-refractivity contribution in [3.05, 3.63) is 78.8 Å². The maximum atomic E-state index is 12.4. The highest BCUT2D eigenvalue weighted by atomic mass is 16.6. The number of nitro groups is 1. The van der Waals surface area contributed by atoms with Gasteiger partial charge < -0.3 is 0 Å². The zero-order valence-corrected chi connectivity index (χ0v) is 16.9. The van der Waals surface area contributed by atoms with Crippen LogP contribution in [0.4, 0.5) is 5.69 Å². The van der Waals surface area contributed by atoms with Gasteiger partial charge >= 0.3 is 11.2 Å². The largest absolute Gasteiger partial charge is 0.361 e. The number of aryl methyl sites for hydroxylation is 3. The molecule has 0 saturated carbocycles. The molecule has 0 saturated heterocycles. The van der Waals surface area contributed by atoms with Crippen molar-refractivity contribution >= 4 is 23.6 Å². The average Bonchev–Trinajstić information content (AvgIpc) is 3.27. The van der Waals surface area contributed by atoms with Gasteiger partial charge in [0.25, 0.3) is 5.78 Å². The second-order valence-electron chi connectivity index (χ2n) is 7.03. The number of nitrogens with one attached hydrogen (secondary N) is 1. The third-order valence-electron chi connectivity index (χ3n) is 5.11. The number of aromatic nitrogens is 6. The summed E-state index contributed by atoms with van der Waals surface area (Å²) in [5.74, 6) is 0.0597. The van der Waals surface area contributed by atoms with Gasteiger partial charge in [-0.1, -0.05) is 6.07 Å². The number of nitrogens with zero attached hydrogens (tertiary/aromatic N) is 6. The third-order valence-corrected chi connectivity index (χ3v) is 5.11. The van der Waals surface area contributed by atoms with Crippen molar-refractivity contribution in [1.29, 1.82) is 0 Å². The Morgan fingerprint density at radius 3 is 2.60 bits per heavy atom. The summed E-state index contributed by atoms with van der Waals surface area (Å²) < 4.78 is 2.76. The Bertz CT molecular complexity index is 1390. The summed E-state index contributed by atoms with van der Waals surface area (Å²) in [4.78, 5) is 31.2. The molecule has 1 N–H and O–H groups in total. The first-order valence-corrected chi connectivity index (χ1v) is 9.20. The Morgan fingerprint density at radius 2 is 1.90 bits per heavy atom. The molecule has 0 aliphatic rings. The Hall–Kier alpha value is -4.08. The van der Waals surface area contributed by atoms with E-state index in [0.717, 1.165) is 32.7 Å². The van der Waals surface area contributed by atoms with Crippen LogP contribution in [0.15, 0.2) is 29.3 Å². The Morgan fingerprint density at radius 1 is 1.13 bits per heavy atom. The second kappa shape index (κ2) is 7.07. The van der Waals surface area contributed by atoms with Crippen LogP contribution >= 0.6 is 0 Å². The lowest BCUT2D eigenvalue weighted by molar-refractivity contribution is -0.386. The molecule has 1 aromatic carbocycles. The van der Waals surface area contributed by atoms with Gasteiger partial charge in [-0.15, -0.1) is 0 Å². The molecule has 0 amide bonds. The number of H-pyrrole nitrogens is 1. The molecule has 10 heteroatoms. The monoisotopic (exact) mass is 405 g/mol. The molecule has 3 aromatic heterocycles. The fraction of sp³-hybridized carbons (Fsp3) is 0.200. The summed E-state index contributed by atoms with van der Waals surface area (Å²) in [6, 6.07) is 6.09. The zero-order valence-electron chi connectivity index (χ0n) is 16.9. The van der Waals surface area contributed by atoms with Gasteiger partial charge in [-0.25, -0.2) is 14.6 Å². The first-order chi connectivity index (χ1) is 14.3. The van der Waals surface area contributed by atoms with Crippen LogP contribution in [-0.4, -0.2) is 34.3 Å². The molecule has 4 rings (SSSR count). The molecule has 0 fully saturated rings. The predicted octanol–water partition coefficient (Wildman–Crippen LogP) is 2.92. The number of fused-ring (bicyclic) bond motifs is 1. The van der Waals surface area contributed by atoms with Crippen LogP contribution in [0, 0.1) is 37.8 Å². The van der Waals surface area contributed by atoms with Gasteiger partial charge in [0.05, 0.1) is 16.3 Å². The molecule has 0 aliphatic heterocycles. The summed E-state index contributed by atoms with van der Waals surface area (Å²) in [5, 5.41) is 18.6. The Kier molecular flexibility index (Phi) is 4.53. The smallest absolute Gasteiger partial charge is 0.277 e. The predicted molar refractivity (Wildman–Crippen MR) is 112 cm³/mol. The summed E-state index contributed by atoms with van der Waals surface area (Å²) in [6.45, 7) is 7.87. The first-order valence-electron chi connectivity index (χ1n) is 9.20. The van der Waals surface area contributed by atoms with Crippen LogP contribution in [0.2, 0.25) is 0 Å². The van der Waals surface area contributed by atoms with E-state index in [0.29, 0.717) is 0 Å². The van der Waals surface area contributed by atoms with E-state index in [2.05, 4.69) is 26.2 Å². The third kappa shape index (κ3) is 3.08. The molecule has 0 spiro atoms. The number of hydrogen-bond donors (Lipinski definition) is 1. The van der Waals surface area contributed by atoms with Crippen LogP contribution in [0.25, 0.3) is 23.6 Å². The standard InChI is InChI=1S/C20H19N7O3/c1-11-5-6-15(9-12(11)2)25-14(4)16(13(3)24-25)7-8-17-18(27(29)30)19(28)26-20(23-17)21-10-22-26/h5-10H,1-4H3,(H,21,22,23)/b8-7+. The lowest BCUT2D eigenvalue weighted by Crippen LogP contribution is -2.20. The van der Waals surface area contributed by atoms with Crippen molar-refractivity contribution < 1.29 is 4.92 Å². The van der Waals surface area contributed by atoms with Gasteiger partial charge in [-0.05, 0) is 63.1 Å². The van der Waals surface area contributed by atoms with Crippen LogP contribution in [0.5, 0.6) is 0 Å². The highest BCUT2D eigenvalue weighted by Crippen LogP contribution is 2.23. The highest BCUT2D eigenvalue weighted by Gasteiger charge is 2.23. The summed E-state index contributed by atoms with van der Waals surface area (Å²) in [6.07, 6.45) is 4.39. The molecule has 10 nitrogen and oxygen atoms in total. The van der Waals surface area contributed by atoms with Crippen LogP contribution < -0.4 is 5.56 Å². The van der Waals surface area contributed by atoms with Gasteiger partial charge in [0.1, 0.15) is 6.33 Å². The van der Waals surface area contributed by atoms with E-state index in [1.54, 1.807) is 6.08 Å². The van der Waals surface area contributed by atoms with Crippen molar-refractivity contribution in [1.82, 2.24) is 29.4 Å². The van der Waals surface area contributed by atoms with E-state index in [1.807, 2.05) is 44.5 Å². The molecular weight excluding hydrogens is 386 g/mol. The lowest BCUT2D eigenvalue weighted by atomic mass is 10.1. The minimum Gasteiger partial charge on any atom is -0.277 e. The fourth-order valence-electron chi connectivity index (χ4n) is 3.32. The Balaban J connectivity index is 1.81. The normalized spacial score (nSPS) is 11.6. The SMILES string of the molecule is Cc1ccc(-n2nc(C)c(/C=C/c3nc4nc[nH]n4c(=O)c3[N+](=O)[O-])c2C)cc1C. The van der Waals surface area contributed by atoms with E-state index in [-0.39, 0.29) is 11.5 Å². The van der Waals surface area contributed by atoms with E-state index >= 15 is 0 Å². The van der Waals surface area contributed by atoms with Gasteiger partial charge in [-0.3, -0.25) is 20.0 Å². The quantitative estimate of drug-likeness (QED) is 0.411. The first kappa shape index (κ1) is 19.2. The van der Waals surface area contributed by atoms with Crippen molar-refractivity contribution in [2.24, 2.45) is 0 Å². The molecule has 30 heavy (non-hydrogen) atoms. The summed E-state index contributed by atoms with van der Waals surface area (Å²) >= 11 is 0. The van der Waals surface area contributed by atoms with Crippen molar-refractivity contribution in [3.63, 3.8) is 0 Å². The number of aromatic amines is 1. The van der Waals surface area contributed by atoms with E-state index in [4.69, 9.17) is 0 Å². The molecule has 3 heterocycles. The van der Waals surface area contributed by atoms with E-state index in [1.165, 1.54) is 18.0 Å². The minimum absolute atomic E-state index is 0.0597. The summed E-state index contributed by atoms with van der Waals surface area (Å²) in [5.41, 5.74) is 4.20. The number of hydrogen-bond acceptors (Lipinski definition) is 6. The van der Waals surface area contributed by atoms with Crippen molar-refractivity contribution in [2.45, 2.75) is 27.7 Å². The molecule has 0 bridgehead atoms. The fourth-order valence-corrected chi connectivity index (χ4v) is 3.32. The van der Waals surface area contributed by atoms with Crippen molar-refractivity contribution in [3.8, 4) is 5.69 Å². The molecule has 0 radical (unpaired) electrons. The zero-order chi connectivity index (χ0) is 21.6. The van der Waals surface area contributed by atoms with Crippen molar-refractivity contribution in [2.75, 3.05) is 0 Å². The average molecular weight is 405 g/mol. The van der Waals surface area contributed by atoms with E-state index in [9.17, 15) is 14.9 Å². The molecule has 4 aromatic rings. The van der Waals surface area contributed by atoms with Crippen LogP contribution in [-0.2, 0) is 0 Å². The lowest BCUT2D eigenvalue weighted by Gasteiger charge is -2.07. The summed E-state index contributed by atoms with van der Waals surface area (Å²) in [7, 11) is 0. The van der Waals surface area contributed by atoms with Crippen LogP contribution in [0.3, 0.4) is 0 Å². The molecule has 152 valence electrons. The number of rotatable bonds is 4. The number of benzene rings is 1. The maximum Gasteiger partial charge on any atom is 0.361 e. The highest BCUT2D eigenvalue weighted by molar-refractivity contribution is 5.74.